The molecule has 19 heteroatoms. The molecule has 4 aromatic heterocycles. The Morgan fingerprint density at radius 1 is 0.565 bits per heavy atom. The average Bonchev–Trinajstić information content (AvgIpc) is 4.09. The van der Waals surface area contributed by atoms with Crippen LogP contribution in [-0.2, 0) is 55.7 Å². The summed E-state index contributed by atoms with van der Waals surface area (Å²) in [6, 6.07) is 40.9. The van der Waals surface area contributed by atoms with E-state index >= 15 is 0 Å². The zero-order valence-electron chi connectivity index (χ0n) is 36.1. The summed E-state index contributed by atoms with van der Waals surface area (Å²) in [5.74, 6) is -0.763. The molecule has 0 saturated carbocycles. The summed E-state index contributed by atoms with van der Waals surface area (Å²) in [5.41, 5.74) is 1.32. The fraction of sp³-hybridized carbons (Fsp3) is 0.200. The summed E-state index contributed by atoms with van der Waals surface area (Å²) in [6.07, 6.45) is -11.3. The number of aromatic nitrogens is 4. The SMILES string of the molecule is O=S(CCC(OCc1ccccc1)c1cccc(-c2csc(-c3cc(C(F)(F)F)nc(S(=O)(=O)CCC(OCc4ccccc4)c4ccccc4)n3)c2)c1)c1nc(-c2cccs2)cc(C(F)(F)F)n1. The number of nitrogens with zero attached hydrogens (tertiary/aromatic N) is 4. The Bertz CT molecular complexity index is 3110. The van der Waals surface area contributed by atoms with Crippen molar-refractivity contribution in [2.75, 3.05) is 11.5 Å². The van der Waals surface area contributed by atoms with Crippen LogP contribution in [0.1, 0.15) is 58.7 Å². The third-order valence-corrected chi connectivity index (χ3v) is 15.2. The number of ether oxygens (including phenoxy) is 2. The Kier molecular flexibility index (Phi) is 15.6. The van der Waals surface area contributed by atoms with Gasteiger partial charge in [0.2, 0.25) is 20.2 Å². The third kappa shape index (κ3) is 13.0. The lowest BCUT2D eigenvalue weighted by Gasteiger charge is -2.19. The molecule has 3 atom stereocenters. The summed E-state index contributed by atoms with van der Waals surface area (Å²) in [5, 5.41) is 1.96. The zero-order valence-corrected chi connectivity index (χ0v) is 39.4. The molecule has 0 aliphatic rings. The van der Waals surface area contributed by atoms with Gasteiger partial charge in [-0.2, -0.15) is 26.3 Å². The van der Waals surface area contributed by atoms with Crippen molar-refractivity contribution in [2.24, 2.45) is 0 Å². The van der Waals surface area contributed by atoms with Crippen LogP contribution in [0, 0.1) is 0 Å². The van der Waals surface area contributed by atoms with E-state index in [-0.39, 0.29) is 48.1 Å². The zero-order chi connectivity index (χ0) is 48.6. The average molecular weight is 1020 g/mol. The van der Waals surface area contributed by atoms with Crippen molar-refractivity contribution in [2.45, 2.75) is 60.9 Å². The Morgan fingerprint density at radius 3 is 1.75 bits per heavy atom. The molecule has 0 amide bonds. The molecule has 0 aliphatic heterocycles. The second kappa shape index (κ2) is 21.8. The van der Waals surface area contributed by atoms with E-state index in [2.05, 4.69) is 19.9 Å². The van der Waals surface area contributed by atoms with E-state index < -0.39 is 72.7 Å². The van der Waals surface area contributed by atoms with Gasteiger partial charge in [-0.1, -0.05) is 115 Å². The van der Waals surface area contributed by atoms with E-state index in [0.29, 0.717) is 33.2 Å². The van der Waals surface area contributed by atoms with Gasteiger partial charge in [0.15, 0.2) is 0 Å². The number of hydrogen-bond acceptors (Lipinski definition) is 11. The number of alkyl halides is 6. The molecule has 8 aromatic rings. The molecule has 3 unspecified atom stereocenters. The quantitative estimate of drug-likeness (QED) is 0.0576. The van der Waals surface area contributed by atoms with Crippen molar-refractivity contribution in [1.82, 2.24) is 19.9 Å². The van der Waals surface area contributed by atoms with Crippen LogP contribution in [0.2, 0.25) is 0 Å². The Labute approximate surface area is 404 Å². The molecule has 356 valence electrons. The van der Waals surface area contributed by atoms with Crippen LogP contribution >= 0.6 is 22.7 Å². The number of benzene rings is 4. The monoisotopic (exact) mass is 1020 g/mol. The summed E-state index contributed by atoms with van der Waals surface area (Å²) < 4.78 is 139. The number of thiophene rings is 2. The molecule has 4 heterocycles. The summed E-state index contributed by atoms with van der Waals surface area (Å²) in [7, 11) is -6.56. The second-order valence-corrected chi connectivity index (χ2v) is 20.9. The van der Waals surface area contributed by atoms with Gasteiger partial charge in [0.05, 0.1) is 63.1 Å². The Morgan fingerprint density at radius 2 is 1.14 bits per heavy atom. The minimum Gasteiger partial charge on any atom is -0.369 e. The Hall–Kier alpha value is -5.96. The third-order valence-electron chi connectivity index (χ3n) is 10.7. The van der Waals surface area contributed by atoms with Gasteiger partial charge >= 0.3 is 12.4 Å². The van der Waals surface area contributed by atoms with Crippen molar-refractivity contribution < 1.29 is 48.4 Å². The smallest absolute Gasteiger partial charge is 0.369 e. The first-order chi connectivity index (χ1) is 33.1. The molecule has 0 aliphatic carbocycles. The normalized spacial score (nSPS) is 13.5. The largest absolute Gasteiger partial charge is 0.433 e. The highest BCUT2D eigenvalue weighted by molar-refractivity contribution is 7.91. The van der Waals surface area contributed by atoms with E-state index in [9.17, 15) is 39.0 Å². The minimum absolute atomic E-state index is 0.00191. The van der Waals surface area contributed by atoms with Gasteiger partial charge in [-0.3, -0.25) is 4.21 Å². The van der Waals surface area contributed by atoms with Gasteiger partial charge < -0.3 is 9.47 Å². The molecule has 0 N–H and O–H groups in total. The first-order valence-electron chi connectivity index (χ1n) is 21.2. The number of halogens is 6. The van der Waals surface area contributed by atoms with Crippen LogP contribution in [0.5, 0.6) is 0 Å². The summed E-state index contributed by atoms with van der Waals surface area (Å²) in [4.78, 5) is 16.3. The van der Waals surface area contributed by atoms with Crippen molar-refractivity contribution in [3.63, 3.8) is 0 Å². The lowest BCUT2D eigenvalue weighted by atomic mass is 10.0. The van der Waals surface area contributed by atoms with Crippen LogP contribution in [-0.4, -0.2) is 44.1 Å². The summed E-state index contributed by atoms with van der Waals surface area (Å²) in [6.45, 7) is 0.314. The van der Waals surface area contributed by atoms with E-state index in [0.717, 1.165) is 28.5 Å². The fourth-order valence-corrected chi connectivity index (χ4v) is 10.9. The van der Waals surface area contributed by atoms with Crippen LogP contribution in [0.3, 0.4) is 0 Å². The van der Waals surface area contributed by atoms with Gasteiger partial charge in [-0.05, 0) is 87.3 Å². The van der Waals surface area contributed by atoms with Crippen LogP contribution < -0.4 is 0 Å². The maximum atomic E-state index is 14.4. The highest BCUT2D eigenvalue weighted by Crippen LogP contribution is 2.38. The highest BCUT2D eigenvalue weighted by Gasteiger charge is 2.37. The highest BCUT2D eigenvalue weighted by atomic mass is 32.2. The molecule has 0 fully saturated rings. The molecule has 9 nitrogen and oxygen atoms in total. The van der Waals surface area contributed by atoms with Crippen molar-refractivity contribution in [1.29, 1.82) is 0 Å². The molecule has 69 heavy (non-hydrogen) atoms. The first kappa shape index (κ1) is 49.5. The lowest BCUT2D eigenvalue weighted by Crippen LogP contribution is -2.18. The maximum Gasteiger partial charge on any atom is 0.433 e. The van der Waals surface area contributed by atoms with Gasteiger partial charge in [0, 0.05) is 5.75 Å². The van der Waals surface area contributed by atoms with E-state index in [1.807, 2.05) is 60.7 Å². The molecule has 0 radical (unpaired) electrons. The van der Waals surface area contributed by atoms with Crippen LogP contribution in [0.15, 0.2) is 167 Å². The standard InChI is InChI=1S/C50H40F6N4O5S4/c51-49(52,53)45-28-39(43-20-11-23-66-43)57-47(59-45)68(61)24-21-41(64-30-33-12-4-1-5-13-33)37-19-10-18-36(26-37)38-27-44(67-32-38)40-29-46(50(54,55)56)60-48(58-40)69(62,63)25-22-42(35-16-8-3-9-17-35)65-31-34-14-6-2-7-15-34/h1-20,23,26-29,32,41-42H,21-22,24-25,30-31H2. The minimum atomic E-state index is -5.00. The van der Waals surface area contributed by atoms with Crippen LogP contribution in [0.4, 0.5) is 26.3 Å². The maximum absolute atomic E-state index is 14.4. The molecule has 0 spiro atoms. The van der Waals surface area contributed by atoms with Crippen LogP contribution in [0.25, 0.3) is 32.3 Å². The van der Waals surface area contributed by atoms with E-state index in [4.69, 9.17) is 9.47 Å². The molecule has 0 bridgehead atoms. The number of sulfone groups is 1. The van der Waals surface area contributed by atoms with Gasteiger partial charge in [0.1, 0.15) is 11.4 Å². The molecule has 8 rings (SSSR count). The summed E-state index contributed by atoms with van der Waals surface area (Å²) >= 11 is 2.24. The van der Waals surface area contributed by atoms with Crippen molar-refractivity contribution >= 4 is 43.3 Å². The predicted molar refractivity (Wildman–Crippen MR) is 253 cm³/mol. The second-order valence-electron chi connectivity index (χ2n) is 15.6. The van der Waals surface area contributed by atoms with Crippen molar-refractivity contribution in [3.8, 4) is 32.3 Å². The van der Waals surface area contributed by atoms with Gasteiger partial charge in [0.25, 0.3) is 0 Å². The first-order valence-corrected chi connectivity index (χ1v) is 25.9. The molecule has 0 saturated heterocycles. The topological polar surface area (TPSA) is 121 Å². The van der Waals surface area contributed by atoms with Crippen molar-refractivity contribution in [3.05, 3.63) is 190 Å². The molecular formula is C50H40F6N4O5S4. The lowest BCUT2D eigenvalue weighted by molar-refractivity contribution is -0.142. The molecule has 4 aromatic carbocycles. The van der Waals surface area contributed by atoms with Gasteiger partial charge in [-0.25, -0.2) is 28.4 Å². The number of hydrogen-bond donors (Lipinski definition) is 0. The van der Waals surface area contributed by atoms with E-state index in [1.54, 1.807) is 83.6 Å². The predicted octanol–water partition coefficient (Wildman–Crippen LogP) is 13.0. The molecular weight excluding hydrogens is 979 g/mol. The number of rotatable bonds is 19. The fourth-order valence-electron chi connectivity index (χ4n) is 7.16. The van der Waals surface area contributed by atoms with Gasteiger partial charge in [-0.15, -0.1) is 22.7 Å². The Balaban J connectivity index is 1.04. The van der Waals surface area contributed by atoms with E-state index in [1.165, 1.54) is 11.3 Å².